The first kappa shape index (κ1) is 22.5. The third-order valence-corrected chi connectivity index (χ3v) is 6.51. The van der Waals surface area contributed by atoms with Gasteiger partial charge >= 0.3 is 0 Å². The highest BCUT2D eigenvalue weighted by molar-refractivity contribution is 8.18. The molecule has 1 saturated heterocycles. The van der Waals surface area contributed by atoms with Gasteiger partial charge in [-0.2, -0.15) is 0 Å². The minimum Gasteiger partial charge on any atom is -0.489 e. The van der Waals surface area contributed by atoms with Gasteiger partial charge in [0.25, 0.3) is 11.1 Å². The van der Waals surface area contributed by atoms with Crippen LogP contribution in [0.25, 0.3) is 6.08 Å². The molecule has 7 heteroatoms. The van der Waals surface area contributed by atoms with E-state index in [4.69, 9.17) is 27.9 Å². The molecular weight excluding hydrogens is 465 g/mol. The van der Waals surface area contributed by atoms with Crippen LogP contribution in [0.3, 0.4) is 0 Å². The Hall–Kier alpha value is -2.73. The van der Waals surface area contributed by atoms with Gasteiger partial charge in [0.05, 0.1) is 21.5 Å². The van der Waals surface area contributed by atoms with Gasteiger partial charge in [0, 0.05) is 0 Å². The highest BCUT2D eigenvalue weighted by atomic mass is 35.5. The third-order valence-electron chi connectivity index (χ3n) is 4.86. The van der Waals surface area contributed by atoms with Gasteiger partial charge in [0.2, 0.25) is 0 Å². The van der Waals surface area contributed by atoms with E-state index in [2.05, 4.69) is 6.07 Å². The van der Waals surface area contributed by atoms with E-state index < -0.39 is 0 Å². The van der Waals surface area contributed by atoms with Gasteiger partial charge in [-0.3, -0.25) is 14.5 Å². The molecule has 3 aromatic carbocycles. The van der Waals surface area contributed by atoms with E-state index in [-0.39, 0.29) is 17.7 Å². The summed E-state index contributed by atoms with van der Waals surface area (Å²) >= 11 is 12.9. The number of benzene rings is 3. The first-order valence-electron chi connectivity index (χ1n) is 9.87. The van der Waals surface area contributed by atoms with Crippen LogP contribution in [0.2, 0.25) is 10.0 Å². The summed E-state index contributed by atoms with van der Waals surface area (Å²) in [5.41, 5.74) is 3.84. The number of ether oxygens (including phenoxy) is 1. The van der Waals surface area contributed by atoms with Crippen molar-refractivity contribution in [2.75, 3.05) is 0 Å². The lowest BCUT2D eigenvalue weighted by Gasteiger charge is -2.12. The molecule has 32 heavy (non-hydrogen) atoms. The van der Waals surface area contributed by atoms with Gasteiger partial charge in [-0.25, -0.2) is 0 Å². The summed E-state index contributed by atoms with van der Waals surface area (Å²) in [5.74, 6) is 0.405. The van der Waals surface area contributed by atoms with Crippen LogP contribution in [0.4, 0.5) is 4.79 Å². The Bertz CT molecular complexity index is 1210. The van der Waals surface area contributed by atoms with Crippen LogP contribution in [0.1, 0.15) is 22.3 Å². The summed E-state index contributed by atoms with van der Waals surface area (Å²) in [6, 6.07) is 20.6. The normalized spacial score (nSPS) is 15.0. The molecule has 4 rings (SSSR count). The molecule has 0 bridgehead atoms. The molecule has 0 unspecified atom stereocenters. The Morgan fingerprint density at radius 3 is 2.44 bits per heavy atom. The van der Waals surface area contributed by atoms with E-state index in [0.717, 1.165) is 34.2 Å². The Morgan fingerprint density at radius 2 is 1.72 bits per heavy atom. The topological polar surface area (TPSA) is 46.6 Å². The van der Waals surface area contributed by atoms with Gasteiger partial charge in [-0.15, -0.1) is 0 Å². The van der Waals surface area contributed by atoms with Crippen molar-refractivity contribution in [1.29, 1.82) is 0 Å². The average Bonchev–Trinajstić information content (AvgIpc) is 3.03. The Morgan fingerprint density at radius 1 is 0.938 bits per heavy atom. The van der Waals surface area contributed by atoms with E-state index in [1.807, 2.05) is 49.4 Å². The van der Waals surface area contributed by atoms with Gasteiger partial charge in [-0.1, -0.05) is 71.2 Å². The number of rotatable bonds is 6. The summed E-state index contributed by atoms with van der Waals surface area (Å²) in [5, 5.41) is 0.498. The van der Waals surface area contributed by atoms with Crippen LogP contribution in [0.15, 0.2) is 71.6 Å². The number of imide groups is 1. The lowest BCUT2D eigenvalue weighted by molar-refractivity contribution is -0.123. The number of amides is 2. The molecule has 3 aromatic rings. The van der Waals surface area contributed by atoms with Crippen molar-refractivity contribution >= 4 is 52.2 Å². The molecule has 162 valence electrons. The van der Waals surface area contributed by atoms with Crippen molar-refractivity contribution in [2.24, 2.45) is 0 Å². The monoisotopic (exact) mass is 483 g/mol. The van der Waals surface area contributed by atoms with Gasteiger partial charge in [0.15, 0.2) is 0 Å². The number of carbonyl (C=O) groups is 2. The summed E-state index contributed by atoms with van der Waals surface area (Å²) in [7, 11) is 0. The standard InChI is InChI=1S/C25H19Cl2NO3S/c1-16-3-2-4-19(11-16)15-31-20-8-5-17(6-9-20)13-23-24(29)28(25(30)32-23)14-18-7-10-21(26)22(27)12-18/h2-13H,14-15H2,1H3/b23-13-. The fourth-order valence-electron chi connectivity index (χ4n) is 3.24. The summed E-state index contributed by atoms with van der Waals surface area (Å²) in [6.45, 7) is 2.67. The summed E-state index contributed by atoms with van der Waals surface area (Å²) in [6.07, 6.45) is 1.71. The minimum absolute atomic E-state index is 0.143. The number of hydrogen-bond acceptors (Lipinski definition) is 4. The predicted octanol–water partition coefficient (Wildman–Crippen LogP) is 7.12. The van der Waals surface area contributed by atoms with E-state index in [1.54, 1.807) is 24.3 Å². The lowest BCUT2D eigenvalue weighted by atomic mass is 10.1. The molecule has 1 aliphatic rings. The van der Waals surface area contributed by atoms with Crippen molar-refractivity contribution < 1.29 is 14.3 Å². The number of hydrogen-bond donors (Lipinski definition) is 0. The van der Waals surface area contributed by atoms with E-state index in [1.165, 1.54) is 10.5 Å². The zero-order valence-electron chi connectivity index (χ0n) is 17.2. The number of thioether (sulfide) groups is 1. The summed E-state index contributed by atoms with van der Waals surface area (Å²) < 4.78 is 5.84. The smallest absolute Gasteiger partial charge is 0.293 e. The van der Waals surface area contributed by atoms with Crippen molar-refractivity contribution in [3.63, 3.8) is 0 Å². The quantitative estimate of drug-likeness (QED) is 0.350. The maximum absolute atomic E-state index is 12.8. The molecular formula is C25H19Cl2NO3S. The zero-order chi connectivity index (χ0) is 22.7. The zero-order valence-corrected chi connectivity index (χ0v) is 19.5. The second-order valence-corrected chi connectivity index (χ2v) is 9.17. The minimum atomic E-state index is -0.328. The van der Waals surface area contributed by atoms with Gasteiger partial charge in [0.1, 0.15) is 12.4 Å². The van der Waals surface area contributed by atoms with Crippen LogP contribution in [0.5, 0.6) is 5.75 Å². The number of carbonyl (C=O) groups excluding carboxylic acids is 2. The van der Waals surface area contributed by atoms with Gasteiger partial charge < -0.3 is 4.74 Å². The first-order chi connectivity index (χ1) is 15.4. The number of halogens is 2. The largest absolute Gasteiger partial charge is 0.489 e. The highest BCUT2D eigenvalue weighted by Crippen LogP contribution is 2.34. The average molecular weight is 484 g/mol. The Labute approximate surface area is 200 Å². The molecule has 0 radical (unpaired) electrons. The van der Waals surface area contributed by atoms with Crippen molar-refractivity contribution in [3.05, 3.63) is 104 Å². The Balaban J connectivity index is 1.41. The molecule has 0 atom stereocenters. The molecule has 0 aromatic heterocycles. The molecule has 1 aliphatic heterocycles. The predicted molar refractivity (Wildman–Crippen MR) is 130 cm³/mol. The van der Waals surface area contributed by atoms with Crippen LogP contribution in [-0.2, 0) is 17.9 Å². The maximum atomic E-state index is 12.8. The highest BCUT2D eigenvalue weighted by Gasteiger charge is 2.35. The molecule has 0 saturated carbocycles. The van der Waals surface area contributed by atoms with Crippen molar-refractivity contribution in [1.82, 2.24) is 4.90 Å². The third kappa shape index (κ3) is 5.36. The molecule has 0 aliphatic carbocycles. The fraction of sp³-hybridized carbons (Fsp3) is 0.120. The molecule has 1 fully saturated rings. The van der Waals surface area contributed by atoms with Gasteiger partial charge in [-0.05, 0) is 65.7 Å². The van der Waals surface area contributed by atoms with Crippen molar-refractivity contribution in [2.45, 2.75) is 20.1 Å². The maximum Gasteiger partial charge on any atom is 0.293 e. The SMILES string of the molecule is Cc1cccc(COc2ccc(/C=C3\SC(=O)N(Cc4ccc(Cl)c(Cl)c4)C3=O)cc2)c1. The van der Waals surface area contributed by atoms with E-state index in [0.29, 0.717) is 21.6 Å². The molecule has 0 spiro atoms. The van der Waals surface area contributed by atoms with Crippen molar-refractivity contribution in [3.8, 4) is 5.75 Å². The second kappa shape index (κ2) is 9.82. The number of aryl methyl sites for hydroxylation is 1. The van der Waals surface area contributed by atoms with Crippen LogP contribution in [-0.4, -0.2) is 16.0 Å². The van der Waals surface area contributed by atoms with Crippen LogP contribution >= 0.6 is 35.0 Å². The second-order valence-electron chi connectivity index (χ2n) is 7.36. The summed E-state index contributed by atoms with van der Waals surface area (Å²) in [4.78, 5) is 26.7. The molecule has 1 heterocycles. The fourth-order valence-corrected chi connectivity index (χ4v) is 4.40. The Kier molecular flexibility index (Phi) is 6.89. The van der Waals surface area contributed by atoms with Crippen LogP contribution < -0.4 is 4.74 Å². The molecule has 0 N–H and O–H groups in total. The number of nitrogens with zero attached hydrogens (tertiary/aromatic N) is 1. The van der Waals surface area contributed by atoms with Crippen LogP contribution in [0, 0.1) is 6.92 Å². The lowest BCUT2D eigenvalue weighted by Crippen LogP contribution is -2.27. The van der Waals surface area contributed by atoms with E-state index >= 15 is 0 Å². The molecule has 4 nitrogen and oxygen atoms in total. The molecule has 2 amide bonds. The van der Waals surface area contributed by atoms with E-state index in [9.17, 15) is 9.59 Å². The first-order valence-corrected chi connectivity index (χ1v) is 11.4.